The lowest BCUT2D eigenvalue weighted by molar-refractivity contribution is 0.0696. The second kappa shape index (κ2) is 5.63. The van der Waals surface area contributed by atoms with Crippen LogP contribution in [0.4, 0.5) is 5.69 Å². The average Bonchev–Trinajstić information content (AvgIpc) is 3.18. The van der Waals surface area contributed by atoms with Gasteiger partial charge in [-0.05, 0) is 32.8 Å². The maximum Gasteiger partial charge on any atom is 0.339 e. The highest BCUT2D eigenvalue weighted by atomic mass is 16.5. The van der Waals surface area contributed by atoms with Crippen LogP contribution in [0.1, 0.15) is 42.6 Å². The van der Waals surface area contributed by atoms with Crippen LogP contribution in [0, 0.1) is 0 Å². The fourth-order valence-corrected chi connectivity index (χ4v) is 2.26. The van der Waals surface area contributed by atoms with E-state index in [2.05, 4.69) is 5.32 Å². The number of hydrogen-bond donors (Lipinski definition) is 2. The van der Waals surface area contributed by atoms with Crippen molar-refractivity contribution in [2.45, 2.75) is 32.2 Å². The molecule has 1 aromatic heterocycles. The Balaban J connectivity index is 2.66. The molecule has 114 valence electrons. The fourth-order valence-electron chi connectivity index (χ4n) is 2.26. The van der Waals surface area contributed by atoms with E-state index in [9.17, 15) is 14.7 Å². The molecule has 0 atom stereocenters. The maximum atomic E-state index is 12.6. The Kier molecular flexibility index (Phi) is 4.06. The molecule has 0 bridgehead atoms. The minimum absolute atomic E-state index is 0.0846. The van der Waals surface area contributed by atoms with Crippen molar-refractivity contribution in [3.63, 3.8) is 0 Å². The zero-order valence-electron chi connectivity index (χ0n) is 12.5. The Labute approximate surface area is 123 Å². The van der Waals surface area contributed by atoms with Crippen molar-refractivity contribution in [2.24, 2.45) is 0 Å². The van der Waals surface area contributed by atoms with Gasteiger partial charge in [-0.15, -0.1) is 0 Å². The fraction of sp³-hybridized carbons (Fsp3) is 0.467. The Hall–Kier alpha value is -2.24. The van der Waals surface area contributed by atoms with E-state index in [1.165, 1.54) is 23.1 Å². The van der Waals surface area contributed by atoms with Gasteiger partial charge in [-0.1, -0.05) is 0 Å². The van der Waals surface area contributed by atoms with Crippen LogP contribution >= 0.6 is 0 Å². The topological polar surface area (TPSA) is 80.6 Å². The first-order valence-electron chi connectivity index (χ1n) is 6.94. The van der Waals surface area contributed by atoms with E-state index in [0.717, 1.165) is 12.8 Å². The number of pyridine rings is 1. The van der Waals surface area contributed by atoms with Gasteiger partial charge in [-0.25, -0.2) is 4.79 Å². The molecular formula is C15H20N2O4. The molecule has 1 heterocycles. The predicted octanol–water partition coefficient (Wildman–Crippen LogP) is 2.10. The number of carbonyl (C=O) groups is 1. The number of aromatic nitrogens is 1. The SMILES string of the molecule is CCO/C=C/c1c(NC)c(C(=O)O)cn(C2(C)CC2)c1=O. The summed E-state index contributed by atoms with van der Waals surface area (Å²) >= 11 is 0. The van der Waals surface area contributed by atoms with Gasteiger partial charge in [-0.3, -0.25) is 4.79 Å². The van der Waals surface area contributed by atoms with Crippen LogP contribution in [0.2, 0.25) is 0 Å². The molecule has 0 amide bonds. The Morgan fingerprint density at radius 2 is 2.24 bits per heavy atom. The van der Waals surface area contributed by atoms with Gasteiger partial charge in [0.1, 0.15) is 0 Å². The molecule has 1 aromatic rings. The third-order valence-electron chi connectivity index (χ3n) is 3.78. The molecule has 6 nitrogen and oxygen atoms in total. The molecule has 6 heteroatoms. The lowest BCUT2D eigenvalue weighted by atomic mass is 10.1. The first kappa shape index (κ1) is 15.2. The molecule has 2 N–H and O–H groups in total. The Bertz CT molecular complexity index is 642. The summed E-state index contributed by atoms with van der Waals surface area (Å²) in [5, 5.41) is 12.2. The zero-order valence-corrected chi connectivity index (χ0v) is 12.5. The summed E-state index contributed by atoms with van der Waals surface area (Å²) in [6.07, 6.45) is 6.12. The van der Waals surface area contributed by atoms with Gasteiger partial charge < -0.3 is 19.7 Å². The number of nitrogens with zero attached hydrogens (tertiary/aromatic N) is 1. The van der Waals surface area contributed by atoms with Gasteiger partial charge in [0.25, 0.3) is 5.56 Å². The van der Waals surface area contributed by atoms with Gasteiger partial charge in [0.05, 0.1) is 29.7 Å². The van der Waals surface area contributed by atoms with Crippen molar-refractivity contribution in [1.82, 2.24) is 4.57 Å². The van der Waals surface area contributed by atoms with E-state index in [4.69, 9.17) is 4.74 Å². The van der Waals surface area contributed by atoms with Crippen molar-refractivity contribution in [3.8, 4) is 0 Å². The number of rotatable bonds is 6. The van der Waals surface area contributed by atoms with Crippen LogP contribution in [0.5, 0.6) is 0 Å². The second-order valence-corrected chi connectivity index (χ2v) is 5.32. The second-order valence-electron chi connectivity index (χ2n) is 5.32. The molecule has 0 radical (unpaired) electrons. The summed E-state index contributed by atoms with van der Waals surface area (Å²) < 4.78 is 6.66. The standard InChI is InChI=1S/C15H20N2O4/c1-4-21-8-5-10-12(16-3)11(14(19)20)9-17(13(10)18)15(2)6-7-15/h5,8-9,16H,4,6-7H2,1-3H3,(H,19,20)/b8-5+. The number of hydrogen-bond acceptors (Lipinski definition) is 4. The van der Waals surface area contributed by atoms with Crippen LogP contribution in [0.3, 0.4) is 0 Å². The first-order chi connectivity index (χ1) is 9.94. The average molecular weight is 292 g/mol. The van der Waals surface area contributed by atoms with Crippen molar-refractivity contribution in [2.75, 3.05) is 19.0 Å². The highest BCUT2D eigenvalue weighted by Crippen LogP contribution is 2.42. The van der Waals surface area contributed by atoms with Crippen LogP contribution in [-0.4, -0.2) is 29.3 Å². The van der Waals surface area contributed by atoms with Crippen LogP contribution in [-0.2, 0) is 10.3 Å². The Morgan fingerprint density at radius 3 is 2.71 bits per heavy atom. The third-order valence-corrected chi connectivity index (χ3v) is 3.78. The Morgan fingerprint density at radius 1 is 1.57 bits per heavy atom. The molecule has 21 heavy (non-hydrogen) atoms. The summed E-state index contributed by atoms with van der Waals surface area (Å²) in [5.74, 6) is -1.07. The quantitative estimate of drug-likeness (QED) is 0.785. The smallest absolute Gasteiger partial charge is 0.339 e. The van der Waals surface area contributed by atoms with E-state index >= 15 is 0 Å². The van der Waals surface area contributed by atoms with Crippen molar-refractivity contribution < 1.29 is 14.6 Å². The van der Waals surface area contributed by atoms with Gasteiger partial charge in [0, 0.05) is 18.8 Å². The van der Waals surface area contributed by atoms with Crippen molar-refractivity contribution in [1.29, 1.82) is 0 Å². The predicted molar refractivity (Wildman–Crippen MR) is 80.8 cm³/mol. The summed E-state index contributed by atoms with van der Waals surface area (Å²) in [5.41, 5.74) is 0.214. The van der Waals surface area contributed by atoms with E-state index < -0.39 is 5.97 Å². The minimum atomic E-state index is -1.07. The number of ether oxygens (including phenoxy) is 1. The van der Waals surface area contributed by atoms with Gasteiger partial charge in [-0.2, -0.15) is 0 Å². The summed E-state index contributed by atoms with van der Waals surface area (Å²) in [6.45, 7) is 4.27. The largest absolute Gasteiger partial charge is 0.501 e. The molecule has 1 saturated carbocycles. The van der Waals surface area contributed by atoms with Crippen LogP contribution in [0.15, 0.2) is 17.3 Å². The molecular weight excluding hydrogens is 272 g/mol. The number of anilines is 1. The first-order valence-corrected chi connectivity index (χ1v) is 6.94. The summed E-state index contributed by atoms with van der Waals surface area (Å²) in [7, 11) is 1.60. The van der Waals surface area contributed by atoms with Gasteiger partial charge >= 0.3 is 5.97 Å². The number of nitrogens with one attached hydrogen (secondary N) is 1. The highest BCUT2D eigenvalue weighted by Gasteiger charge is 2.41. The zero-order chi connectivity index (χ0) is 15.6. The maximum absolute atomic E-state index is 12.6. The van der Waals surface area contributed by atoms with Crippen LogP contribution < -0.4 is 10.9 Å². The van der Waals surface area contributed by atoms with Gasteiger partial charge in [0.15, 0.2) is 0 Å². The lowest BCUT2D eigenvalue weighted by Gasteiger charge is -2.18. The van der Waals surface area contributed by atoms with Crippen molar-refractivity contribution in [3.05, 3.63) is 33.9 Å². The molecule has 0 spiro atoms. The summed E-state index contributed by atoms with van der Waals surface area (Å²) in [4.78, 5) is 24.1. The van der Waals surface area contributed by atoms with E-state index in [1.807, 2.05) is 13.8 Å². The monoisotopic (exact) mass is 292 g/mol. The number of aromatic carboxylic acids is 1. The molecule has 2 rings (SSSR count). The molecule has 0 aromatic carbocycles. The van der Waals surface area contributed by atoms with Crippen LogP contribution in [0.25, 0.3) is 6.08 Å². The summed E-state index contributed by atoms with van der Waals surface area (Å²) in [6, 6.07) is 0. The highest BCUT2D eigenvalue weighted by molar-refractivity contribution is 5.96. The lowest BCUT2D eigenvalue weighted by Crippen LogP contribution is -2.31. The molecule has 0 unspecified atom stereocenters. The molecule has 0 aliphatic heterocycles. The molecule has 1 aliphatic carbocycles. The van der Waals surface area contributed by atoms with E-state index in [-0.39, 0.29) is 16.7 Å². The number of carboxylic acids is 1. The van der Waals surface area contributed by atoms with E-state index in [1.54, 1.807) is 7.05 Å². The van der Waals surface area contributed by atoms with E-state index in [0.29, 0.717) is 17.9 Å². The third kappa shape index (κ3) is 2.79. The minimum Gasteiger partial charge on any atom is -0.501 e. The van der Waals surface area contributed by atoms with Crippen molar-refractivity contribution >= 4 is 17.7 Å². The normalized spacial score (nSPS) is 16.0. The van der Waals surface area contributed by atoms with Gasteiger partial charge in [0.2, 0.25) is 0 Å². The molecule has 1 aliphatic rings. The number of carboxylic acid groups (broad SMARTS) is 1. The molecule has 0 saturated heterocycles. The molecule has 1 fully saturated rings.